The lowest BCUT2D eigenvalue weighted by Crippen LogP contribution is -2.34. The van der Waals surface area contributed by atoms with Crippen molar-refractivity contribution < 1.29 is 14.6 Å². The van der Waals surface area contributed by atoms with Gasteiger partial charge in [-0.05, 0) is 18.2 Å². The zero-order valence-electron chi connectivity index (χ0n) is 11.0. The van der Waals surface area contributed by atoms with Crippen molar-refractivity contribution >= 4 is 23.2 Å². The van der Waals surface area contributed by atoms with E-state index in [0.717, 1.165) is 0 Å². The molecule has 0 saturated heterocycles. The van der Waals surface area contributed by atoms with Crippen LogP contribution in [0, 0.1) is 0 Å². The van der Waals surface area contributed by atoms with Crippen LogP contribution < -0.4 is 5.32 Å². The summed E-state index contributed by atoms with van der Waals surface area (Å²) in [6, 6.07) is 5.03. The van der Waals surface area contributed by atoms with E-state index in [2.05, 4.69) is 5.32 Å². The van der Waals surface area contributed by atoms with Gasteiger partial charge in [-0.3, -0.25) is 0 Å². The molecule has 0 aromatic heterocycles. The van der Waals surface area contributed by atoms with E-state index in [9.17, 15) is 5.11 Å². The van der Waals surface area contributed by atoms with Crippen LogP contribution in [0.2, 0.25) is 10.0 Å². The molecule has 2 atom stereocenters. The Hall–Kier alpha value is -0.360. The third-order valence-electron chi connectivity index (χ3n) is 2.71. The number of aliphatic hydroxyl groups excluding tert-OH is 1. The molecule has 0 aliphatic carbocycles. The van der Waals surface area contributed by atoms with Crippen molar-refractivity contribution in [2.75, 3.05) is 33.9 Å². The Kier molecular flexibility index (Phi) is 7.68. The minimum Gasteiger partial charge on any atom is -0.387 e. The highest BCUT2D eigenvalue weighted by Gasteiger charge is 2.13. The topological polar surface area (TPSA) is 50.7 Å². The van der Waals surface area contributed by atoms with Crippen LogP contribution >= 0.6 is 23.2 Å². The zero-order chi connectivity index (χ0) is 14.3. The molecule has 1 aromatic carbocycles. The van der Waals surface area contributed by atoms with Crippen molar-refractivity contribution in [3.05, 3.63) is 33.8 Å². The van der Waals surface area contributed by atoms with E-state index >= 15 is 0 Å². The molecule has 0 amide bonds. The Labute approximate surface area is 123 Å². The molecular formula is C13H19Cl2NO3. The number of hydrogen-bond donors (Lipinski definition) is 2. The first-order valence-corrected chi connectivity index (χ1v) is 6.69. The molecule has 0 heterocycles. The van der Waals surface area contributed by atoms with E-state index in [4.69, 9.17) is 32.7 Å². The lowest BCUT2D eigenvalue weighted by molar-refractivity contribution is 0.0270. The van der Waals surface area contributed by atoms with E-state index in [1.807, 2.05) is 0 Å². The Morgan fingerprint density at radius 1 is 1.26 bits per heavy atom. The number of hydrogen-bond acceptors (Lipinski definition) is 4. The van der Waals surface area contributed by atoms with Crippen molar-refractivity contribution in [1.29, 1.82) is 0 Å². The molecule has 0 radical (unpaired) electrons. The Balaban J connectivity index is 2.46. The number of ether oxygens (including phenoxy) is 2. The Bertz CT molecular complexity index is 390. The average Bonchev–Trinajstić information content (AvgIpc) is 2.40. The summed E-state index contributed by atoms with van der Waals surface area (Å²) < 4.78 is 10.2. The zero-order valence-corrected chi connectivity index (χ0v) is 12.5. The minimum absolute atomic E-state index is 0.0490. The van der Waals surface area contributed by atoms with Gasteiger partial charge in [-0.15, -0.1) is 0 Å². The number of aliphatic hydroxyl groups is 1. The Morgan fingerprint density at radius 3 is 2.63 bits per heavy atom. The number of halogens is 2. The van der Waals surface area contributed by atoms with E-state index in [-0.39, 0.29) is 6.10 Å². The fraction of sp³-hybridized carbons (Fsp3) is 0.538. The molecule has 1 aromatic rings. The summed E-state index contributed by atoms with van der Waals surface area (Å²) in [6.45, 7) is 1.45. The SMILES string of the molecule is COCC(CNCC(O)c1cc(Cl)ccc1Cl)OC. The third-order valence-corrected chi connectivity index (χ3v) is 3.29. The first kappa shape index (κ1) is 16.7. The molecule has 2 unspecified atom stereocenters. The fourth-order valence-electron chi connectivity index (χ4n) is 1.66. The molecule has 0 fully saturated rings. The van der Waals surface area contributed by atoms with Gasteiger partial charge in [-0.2, -0.15) is 0 Å². The molecule has 0 bridgehead atoms. The average molecular weight is 308 g/mol. The van der Waals surface area contributed by atoms with Crippen LogP contribution in [0.15, 0.2) is 18.2 Å². The minimum atomic E-state index is -0.716. The second-order valence-corrected chi connectivity index (χ2v) is 5.00. The van der Waals surface area contributed by atoms with Crippen LogP contribution in [0.5, 0.6) is 0 Å². The number of rotatable bonds is 8. The molecule has 2 N–H and O–H groups in total. The van der Waals surface area contributed by atoms with Crippen LogP contribution in [-0.2, 0) is 9.47 Å². The highest BCUT2D eigenvalue weighted by molar-refractivity contribution is 6.33. The van der Waals surface area contributed by atoms with Gasteiger partial charge < -0.3 is 19.9 Å². The van der Waals surface area contributed by atoms with Crippen molar-refractivity contribution in [1.82, 2.24) is 5.32 Å². The van der Waals surface area contributed by atoms with Gasteiger partial charge >= 0.3 is 0 Å². The summed E-state index contributed by atoms with van der Waals surface area (Å²) in [6.07, 6.45) is -0.765. The number of nitrogens with one attached hydrogen (secondary N) is 1. The molecule has 0 spiro atoms. The number of benzene rings is 1. The summed E-state index contributed by atoms with van der Waals surface area (Å²) in [7, 11) is 3.24. The maximum atomic E-state index is 10.1. The lowest BCUT2D eigenvalue weighted by atomic mass is 10.1. The molecule has 0 aliphatic rings. The van der Waals surface area contributed by atoms with Crippen LogP contribution in [0.25, 0.3) is 0 Å². The van der Waals surface area contributed by atoms with Crippen LogP contribution in [0.4, 0.5) is 0 Å². The van der Waals surface area contributed by atoms with Gasteiger partial charge in [0.25, 0.3) is 0 Å². The molecular weight excluding hydrogens is 289 g/mol. The first-order valence-electron chi connectivity index (χ1n) is 5.94. The summed E-state index contributed by atoms with van der Waals surface area (Å²) in [5.41, 5.74) is 0.613. The molecule has 4 nitrogen and oxygen atoms in total. The quantitative estimate of drug-likeness (QED) is 0.773. The molecule has 6 heteroatoms. The van der Waals surface area contributed by atoms with Crippen LogP contribution in [0.1, 0.15) is 11.7 Å². The smallest absolute Gasteiger partial charge is 0.0929 e. The van der Waals surface area contributed by atoms with E-state index in [0.29, 0.717) is 35.3 Å². The van der Waals surface area contributed by atoms with Crippen molar-refractivity contribution in [2.45, 2.75) is 12.2 Å². The second kappa shape index (κ2) is 8.74. The van der Waals surface area contributed by atoms with Gasteiger partial charge in [0.15, 0.2) is 0 Å². The largest absolute Gasteiger partial charge is 0.387 e. The Morgan fingerprint density at radius 2 is 2.00 bits per heavy atom. The van der Waals surface area contributed by atoms with Gasteiger partial charge in [0, 0.05) is 42.9 Å². The van der Waals surface area contributed by atoms with Gasteiger partial charge in [0.05, 0.1) is 18.8 Å². The summed E-state index contributed by atoms with van der Waals surface area (Å²) >= 11 is 11.9. The normalized spacial score (nSPS) is 14.4. The predicted octanol–water partition coefficient (Wildman–Crippen LogP) is 2.28. The van der Waals surface area contributed by atoms with Crippen molar-refractivity contribution in [3.8, 4) is 0 Å². The van der Waals surface area contributed by atoms with Crippen LogP contribution in [-0.4, -0.2) is 45.1 Å². The lowest BCUT2D eigenvalue weighted by Gasteiger charge is -2.18. The summed E-state index contributed by atoms with van der Waals surface area (Å²) in [5, 5.41) is 14.2. The van der Waals surface area contributed by atoms with Gasteiger partial charge in [-0.1, -0.05) is 23.2 Å². The maximum absolute atomic E-state index is 10.1. The van der Waals surface area contributed by atoms with Crippen LogP contribution in [0.3, 0.4) is 0 Å². The van der Waals surface area contributed by atoms with E-state index in [1.54, 1.807) is 32.4 Å². The van der Waals surface area contributed by atoms with Gasteiger partial charge in [0.2, 0.25) is 0 Å². The highest BCUT2D eigenvalue weighted by atomic mass is 35.5. The molecule has 1 rings (SSSR count). The molecule has 108 valence electrons. The predicted molar refractivity (Wildman–Crippen MR) is 77.0 cm³/mol. The molecule has 19 heavy (non-hydrogen) atoms. The fourth-order valence-corrected chi connectivity index (χ4v) is 2.08. The number of methoxy groups -OCH3 is 2. The van der Waals surface area contributed by atoms with E-state index < -0.39 is 6.10 Å². The maximum Gasteiger partial charge on any atom is 0.0929 e. The standard InChI is InChI=1S/C13H19Cl2NO3/c1-18-8-10(19-2)6-16-7-13(17)11-5-9(14)3-4-12(11)15/h3-5,10,13,16-17H,6-8H2,1-2H3. The highest BCUT2D eigenvalue weighted by Crippen LogP contribution is 2.25. The van der Waals surface area contributed by atoms with Gasteiger partial charge in [0.1, 0.15) is 0 Å². The third kappa shape index (κ3) is 5.65. The first-order chi connectivity index (χ1) is 9.08. The summed E-state index contributed by atoms with van der Waals surface area (Å²) in [4.78, 5) is 0. The summed E-state index contributed by atoms with van der Waals surface area (Å²) in [5.74, 6) is 0. The van der Waals surface area contributed by atoms with Crippen molar-refractivity contribution in [3.63, 3.8) is 0 Å². The van der Waals surface area contributed by atoms with Gasteiger partial charge in [-0.25, -0.2) is 0 Å². The monoisotopic (exact) mass is 307 g/mol. The second-order valence-electron chi connectivity index (χ2n) is 4.15. The molecule has 0 saturated carbocycles. The van der Waals surface area contributed by atoms with Crippen molar-refractivity contribution in [2.24, 2.45) is 0 Å². The van der Waals surface area contributed by atoms with E-state index in [1.165, 1.54) is 0 Å². The molecule has 0 aliphatic heterocycles.